The van der Waals surface area contributed by atoms with Gasteiger partial charge in [-0.2, -0.15) is 11.3 Å². The van der Waals surface area contributed by atoms with E-state index in [1.165, 1.54) is 18.4 Å². The average molecular weight is 281 g/mol. The summed E-state index contributed by atoms with van der Waals surface area (Å²) in [6.07, 6.45) is 6.95. The molecule has 0 spiro atoms. The fraction of sp³-hybridized carbons (Fsp3) is 0.667. The maximum Gasteiger partial charge on any atom is 0.220 e. The number of aliphatic hydroxyl groups excluding tert-OH is 1. The standard InChI is InChI=1S/C15H23NO2S/c17-10-13-4-2-1-3-5-14(13)16-15(18)7-6-12-8-9-19-11-12/h8-9,11,13-14,17H,1-7,10H2,(H,16,18). The van der Waals surface area contributed by atoms with Gasteiger partial charge >= 0.3 is 0 Å². The Bertz CT molecular complexity index is 378. The first-order valence-corrected chi connectivity index (χ1v) is 8.15. The monoisotopic (exact) mass is 281 g/mol. The number of amides is 1. The molecule has 1 fully saturated rings. The summed E-state index contributed by atoms with van der Waals surface area (Å²) in [6.45, 7) is 0.190. The van der Waals surface area contributed by atoms with Gasteiger partial charge in [-0.1, -0.05) is 19.3 Å². The van der Waals surface area contributed by atoms with Crippen molar-refractivity contribution in [2.24, 2.45) is 5.92 Å². The summed E-state index contributed by atoms with van der Waals surface area (Å²) < 4.78 is 0. The van der Waals surface area contributed by atoms with Gasteiger partial charge in [0.05, 0.1) is 0 Å². The average Bonchev–Trinajstić information content (AvgIpc) is 2.83. The Morgan fingerprint density at radius 2 is 2.21 bits per heavy atom. The molecule has 1 heterocycles. The van der Waals surface area contributed by atoms with Gasteiger partial charge in [0.1, 0.15) is 0 Å². The molecule has 2 atom stereocenters. The summed E-state index contributed by atoms with van der Waals surface area (Å²) in [7, 11) is 0. The molecule has 1 aromatic rings. The number of rotatable bonds is 5. The maximum absolute atomic E-state index is 12.0. The molecule has 0 aliphatic heterocycles. The molecule has 19 heavy (non-hydrogen) atoms. The van der Waals surface area contributed by atoms with E-state index in [1.807, 2.05) is 5.38 Å². The van der Waals surface area contributed by atoms with Gasteiger partial charge in [-0.05, 0) is 41.7 Å². The predicted octanol–water partition coefficient (Wildman–Crippen LogP) is 2.74. The van der Waals surface area contributed by atoms with Gasteiger partial charge in [-0.15, -0.1) is 0 Å². The topological polar surface area (TPSA) is 49.3 Å². The molecule has 1 aromatic heterocycles. The van der Waals surface area contributed by atoms with Crippen LogP contribution in [0.25, 0.3) is 0 Å². The van der Waals surface area contributed by atoms with Gasteiger partial charge in [0.15, 0.2) is 0 Å². The van der Waals surface area contributed by atoms with Crippen LogP contribution in [0.5, 0.6) is 0 Å². The molecule has 3 nitrogen and oxygen atoms in total. The fourth-order valence-electron chi connectivity index (χ4n) is 2.76. The predicted molar refractivity (Wildman–Crippen MR) is 78.2 cm³/mol. The van der Waals surface area contributed by atoms with E-state index < -0.39 is 0 Å². The Morgan fingerprint density at radius 3 is 2.95 bits per heavy atom. The van der Waals surface area contributed by atoms with Crippen LogP contribution in [0.2, 0.25) is 0 Å². The van der Waals surface area contributed by atoms with Crippen LogP contribution in [-0.4, -0.2) is 23.7 Å². The van der Waals surface area contributed by atoms with Gasteiger partial charge in [-0.3, -0.25) is 4.79 Å². The molecule has 0 radical (unpaired) electrons. The van der Waals surface area contributed by atoms with Crippen molar-refractivity contribution in [1.29, 1.82) is 0 Å². The molecule has 2 rings (SSSR count). The first-order chi connectivity index (χ1) is 9.29. The molecule has 0 saturated heterocycles. The number of nitrogens with one attached hydrogen (secondary N) is 1. The minimum atomic E-state index is 0.122. The number of carbonyl (C=O) groups is 1. The van der Waals surface area contributed by atoms with E-state index in [0.717, 1.165) is 25.7 Å². The second-order valence-corrected chi connectivity index (χ2v) is 6.17. The third-order valence-electron chi connectivity index (χ3n) is 3.96. The van der Waals surface area contributed by atoms with Crippen LogP contribution in [0.15, 0.2) is 16.8 Å². The van der Waals surface area contributed by atoms with Crippen LogP contribution in [0.3, 0.4) is 0 Å². The largest absolute Gasteiger partial charge is 0.396 e. The Balaban J connectivity index is 1.79. The lowest BCUT2D eigenvalue weighted by Gasteiger charge is -2.24. The van der Waals surface area contributed by atoms with Crippen molar-refractivity contribution < 1.29 is 9.90 Å². The molecule has 1 aliphatic rings. The van der Waals surface area contributed by atoms with Crippen molar-refractivity contribution in [3.05, 3.63) is 22.4 Å². The fourth-order valence-corrected chi connectivity index (χ4v) is 3.47. The summed E-state index contributed by atoms with van der Waals surface area (Å²) in [4.78, 5) is 12.0. The summed E-state index contributed by atoms with van der Waals surface area (Å²) in [5.41, 5.74) is 1.24. The molecule has 1 saturated carbocycles. The Hall–Kier alpha value is -0.870. The lowest BCUT2D eigenvalue weighted by atomic mass is 9.95. The second kappa shape index (κ2) is 7.65. The first-order valence-electron chi connectivity index (χ1n) is 7.21. The number of carbonyl (C=O) groups excluding carboxylic acids is 1. The molecule has 106 valence electrons. The summed E-state index contributed by atoms with van der Waals surface area (Å²) >= 11 is 1.67. The highest BCUT2D eigenvalue weighted by atomic mass is 32.1. The molecular weight excluding hydrogens is 258 g/mol. The quantitative estimate of drug-likeness (QED) is 0.815. The number of hydrogen-bond acceptors (Lipinski definition) is 3. The maximum atomic E-state index is 12.0. The van der Waals surface area contributed by atoms with Crippen LogP contribution in [-0.2, 0) is 11.2 Å². The Kier molecular flexibility index (Phi) is 5.86. The number of hydrogen-bond donors (Lipinski definition) is 2. The molecule has 1 aliphatic carbocycles. The zero-order valence-corrected chi connectivity index (χ0v) is 12.1. The first kappa shape index (κ1) is 14.5. The molecule has 4 heteroatoms. The van der Waals surface area contributed by atoms with Crippen LogP contribution in [0, 0.1) is 5.92 Å². The van der Waals surface area contributed by atoms with Crippen LogP contribution < -0.4 is 5.32 Å². The minimum Gasteiger partial charge on any atom is -0.396 e. The van der Waals surface area contributed by atoms with Gasteiger partial charge in [0.2, 0.25) is 5.91 Å². The lowest BCUT2D eigenvalue weighted by Crippen LogP contribution is -2.41. The van der Waals surface area contributed by atoms with Crippen LogP contribution in [0.1, 0.15) is 44.1 Å². The Labute approximate surface area is 119 Å². The number of aryl methyl sites for hydroxylation is 1. The smallest absolute Gasteiger partial charge is 0.220 e. The third kappa shape index (κ3) is 4.62. The SMILES string of the molecule is O=C(CCc1ccsc1)NC1CCCCCC1CO. The van der Waals surface area contributed by atoms with Crippen molar-refractivity contribution in [3.63, 3.8) is 0 Å². The molecular formula is C15H23NO2S. The summed E-state index contributed by atoms with van der Waals surface area (Å²) in [5.74, 6) is 0.365. The molecule has 0 bridgehead atoms. The van der Waals surface area contributed by atoms with E-state index in [-0.39, 0.29) is 24.5 Å². The highest BCUT2D eigenvalue weighted by Gasteiger charge is 2.24. The van der Waals surface area contributed by atoms with Crippen molar-refractivity contribution in [3.8, 4) is 0 Å². The lowest BCUT2D eigenvalue weighted by molar-refractivity contribution is -0.122. The van der Waals surface area contributed by atoms with E-state index >= 15 is 0 Å². The van der Waals surface area contributed by atoms with E-state index in [1.54, 1.807) is 11.3 Å². The number of thiophene rings is 1. The highest BCUT2D eigenvalue weighted by Crippen LogP contribution is 2.23. The van der Waals surface area contributed by atoms with E-state index in [0.29, 0.717) is 6.42 Å². The van der Waals surface area contributed by atoms with Gasteiger partial charge in [-0.25, -0.2) is 0 Å². The molecule has 1 amide bonds. The Morgan fingerprint density at radius 1 is 1.37 bits per heavy atom. The van der Waals surface area contributed by atoms with Gasteiger partial charge in [0.25, 0.3) is 0 Å². The van der Waals surface area contributed by atoms with E-state index in [4.69, 9.17) is 0 Å². The van der Waals surface area contributed by atoms with Crippen LogP contribution in [0.4, 0.5) is 0 Å². The van der Waals surface area contributed by atoms with Gasteiger partial charge < -0.3 is 10.4 Å². The highest BCUT2D eigenvalue weighted by molar-refractivity contribution is 7.07. The normalized spacial score (nSPS) is 23.8. The number of aliphatic hydroxyl groups is 1. The zero-order valence-electron chi connectivity index (χ0n) is 11.3. The van der Waals surface area contributed by atoms with Crippen molar-refractivity contribution in [2.75, 3.05) is 6.61 Å². The van der Waals surface area contributed by atoms with Crippen molar-refractivity contribution >= 4 is 17.2 Å². The minimum absolute atomic E-state index is 0.122. The summed E-state index contributed by atoms with van der Waals surface area (Å²) in [6, 6.07) is 2.24. The second-order valence-electron chi connectivity index (χ2n) is 5.39. The zero-order chi connectivity index (χ0) is 13.5. The van der Waals surface area contributed by atoms with Crippen molar-refractivity contribution in [2.45, 2.75) is 51.0 Å². The molecule has 2 unspecified atom stereocenters. The summed E-state index contributed by atoms with van der Waals surface area (Å²) in [5, 5.41) is 16.7. The molecule has 2 N–H and O–H groups in total. The third-order valence-corrected chi connectivity index (χ3v) is 4.69. The van der Waals surface area contributed by atoms with Crippen LogP contribution >= 0.6 is 11.3 Å². The van der Waals surface area contributed by atoms with Gasteiger partial charge in [0, 0.05) is 25.0 Å². The molecule has 0 aromatic carbocycles. The van der Waals surface area contributed by atoms with E-state index in [9.17, 15) is 9.90 Å². The van der Waals surface area contributed by atoms with Crippen molar-refractivity contribution in [1.82, 2.24) is 5.32 Å². The van der Waals surface area contributed by atoms with E-state index in [2.05, 4.69) is 16.8 Å².